The van der Waals surface area contributed by atoms with Crippen LogP contribution in [0.5, 0.6) is 0 Å². The number of nitrogens with one attached hydrogen (secondary N) is 1. The smallest absolute Gasteiger partial charge is 0.138 e. The quantitative estimate of drug-likeness (QED) is 0.827. The normalized spacial score (nSPS) is 18.1. The average Bonchev–Trinajstić information content (AvgIpc) is 2.87. The molecule has 0 amide bonds. The molecule has 2 heterocycles. The molecule has 1 atom stereocenters. The Morgan fingerprint density at radius 3 is 3.05 bits per heavy atom. The number of hydrogen-bond donors (Lipinski definition) is 1. The van der Waals surface area contributed by atoms with Gasteiger partial charge in [0.25, 0.3) is 0 Å². The lowest BCUT2D eigenvalue weighted by Gasteiger charge is -2.26. The Balaban J connectivity index is 1.92. The van der Waals surface area contributed by atoms with Gasteiger partial charge in [-0.1, -0.05) is 25.4 Å². The van der Waals surface area contributed by atoms with E-state index in [4.69, 9.17) is 11.6 Å². The van der Waals surface area contributed by atoms with E-state index in [0.29, 0.717) is 17.1 Å². The van der Waals surface area contributed by atoms with Gasteiger partial charge in [0, 0.05) is 10.4 Å². The number of anilines is 1. The number of hydrogen-bond acceptors (Lipinski definition) is 4. The van der Waals surface area contributed by atoms with Crippen LogP contribution in [0.25, 0.3) is 0 Å². The summed E-state index contributed by atoms with van der Waals surface area (Å²) in [6.45, 7) is 4.24. The average molecular weight is 308 g/mol. The van der Waals surface area contributed by atoms with E-state index in [1.165, 1.54) is 29.6 Å². The summed E-state index contributed by atoms with van der Waals surface area (Å²) in [6.07, 6.45) is 5.10. The van der Waals surface area contributed by atoms with E-state index in [-0.39, 0.29) is 0 Å². The Hall–Kier alpha value is -1.13. The third-order valence-electron chi connectivity index (χ3n) is 3.78. The third-order valence-corrected chi connectivity index (χ3v) is 5.07. The van der Waals surface area contributed by atoms with Crippen molar-refractivity contribution in [3.8, 4) is 0 Å². The van der Waals surface area contributed by atoms with Gasteiger partial charge in [-0.3, -0.25) is 0 Å². The van der Waals surface area contributed by atoms with Crippen molar-refractivity contribution in [3.05, 3.63) is 38.9 Å². The molecule has 2 aromatic rings. The molecule has 0 spiro atoms. The summed E-state index contributed by atoms with van der Waals surface area (Å²) in [5.41, 5.74) is 2.43. The van der Waals surface area contributed by atoms with Crippen LogP contribution in [-0.4, -0.2) is 9.97 Å². The second-order valence-corrected chi connectivity index (χ2v) is 6.83. The van der Waals surface area contributed by atoms with Crippen molar-refractivity contribution in [1.82, 2.24) is 9.97 Å². The highest BCUT2D eigenvalue weighted by atomic mass is 35.5. The first kappa shape index (κ1) is 13.8. The topological polar surface area (TPSA) is 37.8 Å². The van der Waals surface area contributed by atoms with Crippen LogP contribution < -0.4 is 5.32 Å². The molecule has 0 saturated heterocycles. The number of halogens is 1. The van der Waals surface area contributed by atoms with Crippen molar-refractivity contribution >= 4 is 28.8 Å². The molecule has 106 valence electrons. The lowest BCUT2D eigenvalue weighted by molar-refractivity contribution is 0.605. The Morgan fingerprint density at radius 1 is 1.40 bits per heavy atom. The van der Waals surface area contributed by atoms with Crippen molar-refractivity contribution in [2.75, 3.05) is 5.32 Å². The molecule has 0 saturated carbocycles. The predicted octanol–water partition coefficient (Wildman–Crippen LogP) is 4.80. The summed E-state index contributed by atoms with van der Waals surface area (Å²) in [7, 11) is 0. The summed E-state index contributed by atoms with van der Waals surface area (Å²) in [6, 6.07) is 2.57. The van der Waals surface area contributed by atoms with Crippen LogP contribution >= 0.6 is 22.9 Å². The number of aromatic nitrogens is 2. The highest BCUT2D eigenvalue weighted by Crippen LogP contribution is 2.37. The van der Waals surface area contributed by atoms with E-state index in [0.717, 1.165) is 17.8 Å². The zero-order valence-corrected chi connectivity index (χ0v) is 13.3. The first-order chi connectivity index (χ1) is 9.66. The van der Waals surface area contributed by atoms with Crippen LogP contribution in [0, 0.1) is 0 Å². The first-order valence-electron chi connectivity index (χ1n) is 7.00. The second-order valence-electron chi connectivity index (χ2n) is 5.47. The molecule has 1 aliphatic rings. The summed E-state index contributed by atoms with van der Waals surface area (Å²) in [5.74, 6) is 1.18. The molecule has 1 aliphatic carbocycles. The fourth-order valence-electron chi connectivity index (χ4n) is 2.80. The monoisotopic (exact) mass is 307 g/mol. The molecule has 0 radical (unpaired) electrons. The van der Waals surface area contributed by atoms with Gasteiger partial charge >= 0.3 is 0 Å². The Kier molecular flexibility index (Phi) is 3.94. The van der Waals surface area contributed by atoms with Crippen LogP contribution in [0.3, 0.4) is 0 Å². The molecule has 3 rings (SSSR count). The number of rotatable bonds is 3. The fraction of sp³-hybridized carbons (Fsp3) is 0.467. The molecule has 5 heteroatoms. The minimum absolute atomic E-state index is 0.303. The fourth-order valence-corrected chi connectivity index (χ4v) is 4.14. The maximum absolute atomic E-state index is 6.23. The van der Waals surface area contributed by atoms with E-state index >= 15 is 0 Å². The maximum Gasteiger partial charge on any atom is 0.138 e. The molecule has 1 unspecified atom stereocenters. The molecular formula is C15H18ClN3S. The van der Waals surface area contributed by atoms with Gasteiger partial charge in [-0.2, -0.15) is 0 Å². The minimum Gasteiger partial charge on any atom is -0.363 e. The summed E-state index contributed by atoms with van der Waals surface area (Å²) >= 11 is 8.09. The highest BCUT2D eigenvalue weighted by molar-refractivity contribution is 7.10. The molecule has 0 aromatic carbocycles. The van der Waals surface area contributed by atoms with E-state index < -0.39 is 0 Å². The van der Waals surface area contributed by atoms with E-state index in [9.17, 15) is 0 Å². The van der Waals surface area contributed by atoms with Gasteiger partial charge in [0.2, 0.25) is 0 Å². The molecule has 0 bridgehead atoms. The first-order valence-corrected chi connectivity index (χ1v) is 8.25. The Labute approximate surface area is 128 Å². The lowest BCUT2D eigenvalue weighted by atomic mass is 9.93. The summed E-state index contributed by atoms with van der Waals surface area (Å²) in [5, 5.41) is 6.32. The zero-order chi connectivity index (χ0) is 14.1. The largest absolute Gasteiger partial charge is 0.363 e. The van der Waals surface area contributed by atoms with Crippen LogP contribution in [0.2, 0.25) is 5.15 Å². The Bertz CT molecular complexity index is 609. The van der Waals surface area contributed by atoms with E-state index in [1.807, 2.05) is 11.3 Å². The van der Waals surface area contributed by atoms with Crippen LogP contribution in [0.4, 0.5) is 5.82 Å². The zero-order valence-electron chi connectivity index (χ0n) is 11.7. The van der Waals surface area contributed by atoms with Crippen LogP contribution in [0.1, 0.15) is 54.7 Å². The van der Waals surface area contributed by atoms with Gasteiger partial charge in [0.15, 0.2) is 0 Å². The number of thiophene rings is 1. The molecule has 0 aliphatic heterocycles. The van der Waals surface area contributed by atoms with Gasteiger partial charge in [0.1, 0.15) is 17.3 Å². The molecule has 1 N–H and O–H groups in total. The maximum atomic E-state index is 6.23. The Morgan fingerprint density at radius 2 is 2.25 bits per heavy atom. The minimum atomic E-state index is 0.303. The lowest BCUT2D eigenvalue weighted by Crippen LogP contribution is -2.18. The SMILES string of the molecule is CC(C)c1c(Cl)ncnc1NC1CCCc2sccc21. The molecule has 3 nitrogen and oxygen atoms in total. The van der Waals surface area contributed by atoms with Crippen molar-refractivity contribution < 1.29 is 0 Å². The van der Waals surface area contributed by atoms with Gasteiger partial charge in [-0.25, -0.2) is 9.97 Å². The van der Waals surface area contributed by atoms with Gasteiger partial charge < -0.3 is 5.32 Å². The molecule has 0 fully saturated rings. The molecule has 2 aromatic heterocycles. The van der Waals surface area contributed by atoms with E-state index in [2.05, 4.69) is 40.6 Å². The van der Waals surface area contributed by atoms with Crippen molar-refractivity contribution in [2.24, 2.45) is 0 Å². The molecule has 20 heavy (non-hydrogen) atoms. The summed E-state index contributed by atoms with van der Waals surface area (Å²) < 4.78 is 0. The van der Waals surface area contributed by atoms with E-state index in [1.54, 1.807) is 0 Å². The standard InChI is InChI=1S/C15H18ClN3S/c1-9(2)13-14(16)17-8-18-15(13)19-11-4-3-5-12-10(11)6-7-20-12/h6-9,11H,3-5H2,1-2H3,(H,17,18,19). The summed E-state index contributed by atoms with van der Waals surface area (Å²) in [4.78, 5) is 10.0. The number of fused-ring (bicyclic) bond motifs is 1. The van der Waals surface area contributed by atoms with Crippen molar-refractivity contribution in [1.29, 1.82) is 0 Å². The molecular weight excluding hydrogens is 290 g/mol. The third kappa shape index (κ3) is 2.54. The van der Waals surface area contributed by atoms with Gasteiger partial charge in [-0.05, 0) is 42.2 Å². The number of nitrogens with zero attached hydrogens (tertiary/aromatic N) is 2. The van der Waals surface area contributed by atoms with Crippen LogP contribution in [0.15, 0.2) is 17.8 Å². The second kappa shape index (κ2) is 5.70. The van der Waals surface area contributed by atoms with Gasteiger partial charge in [-0.15, -0.1) is 11.3 Å². The van der Waals surface area contributed by atoms with Crippen molar-refractivity contribution in [2.45, 2.75) is 45.1 Å². The predicted molar refractivity (Wildman–Crippen MR) is 84.8 cm³/mol. The van der Waals surface area contributed by atoms with Gasteiger partial charge in [0.05, 0.1) is 6.04 Å². The van der Waals surface area contributed by atoms with Crippen LogP contribution in [-0.2, 0) is 6.42 Å². The van der Waals surface area contributed by atoms with Crippen molar-refractivity contribution in [3.63, 3.8) is 0 Å². The number of aryl methyl sites for hydroxylation is 1. The highest BCUT2D eigenvalue weighted by Gasteiger charge is 2.23.